The van der Waals surface area contributed by atoms with Gasteiger partial charge in [0.15, 0.2) is 0 Å². The third-order valence-electron chi connectivity index (χ3n) is 3.13. The Balaban J connectivity index is 1.79. The van der Waals surface area contributed by atoms with Gasteiger partial charge in [0.05, 0.1) is 0 Å². The second-order valence-electron chi connectivity index (χ2n) is 4.38. The molecule has 1 aliphatic carbocycles. The molecule has 1 aliphatic heterocycles. The van der Waals surface area contributed by atoms with E-state index in [9.17, 15) is 0 Å². The summed E-state index contributed by atoms with van der Waals surface area (Å²) in [6, 6.07) is 0. The molecule has 0 amide bonds. The van der Waals surface area contributed by atoms with Crippen LogP contribution in [0.5, 0.6) is 0 Å². The summed E-state index contributed by atoms with van der Waals surface area (Å²) in [6.45, 7) is 6.15. The molecule has 0 radical (unpaired) electrons. The summed E-state index contributed by atoms with van der Waals surface area (Å²) >= 11 is 0. The van der Waals surface area contributed by atoms with Crippen molar-refractivity contribution < 1.29 is 0 Å². The Labute approximate surface area is 81.1 Å². The number of nitrogens with zero attached hydrogens (tertiary/aromatic N) is 1. The summed E-state index contributed by atoms with van der Waals surface area (Å²) in [5, 5.41) is 0. The first-order valence-corrected chi connectivity index (χ1v) is 5.42. The van der Waals surface area contributed by atoms with Gasteiger partial charge in [-0.05, 0) is 43.8 Å². The van der Waals surface area contributed by atoms with Crippen LogP contribution in [0.2, 0.25) is 0 Å². The maximum absolute atomic E-state index is 2.58. The molecule has 2 rings (SSSR count). The third kappa shape index (κ3) is 2.44. The van der Waals surface area contributed by atoms with Crippen molar-refractivity contribution in [1.82, 2.24) is 4.90 Å². The van der Waals surface area contributed by atoms with Crippen LogP contribution in [-0.2, 0) is 0 Å². The summed E-state index contributed by atoms with van der Waals surface area (Å²) in [5.41, 5.74) is 1.52. The number of allylic oxidation sites excluding steroid dienone is 2. The summed E-state index contributed by atoms with van der Waals surface area (Å²) in [4.78, 5) is 2.58. The average molecular weight is 177 g/mol. The van der Waals surface area contributed by atoms with Gasteiger partial charge in [-0.2, -0.15) is 0 Å². The minimum atomic E-state index is 0.948. The zero-order valence-corrected chi connectivity index (χ0v) is 8.50. The van der Waals surface area contributed by atoms with Crippen LogP contribution in [0.15, 0.2) is 23.8 Å². The number of likely N-dealkylation sites (tertiary alicyclic amines) is 1. The minimum Gasteiger partial charge on any atom is -0.299 e. The van der Waals surface area contributed by atoms with E-state index in [1.807, 2.05) is 0 Å². The van der Waals surface area contributed by atoms with Crippen molar-refractivity contribution in [3.05, 3.63) is 23.8 Å². The first-order chi connectivity index (χ1) is 6.34. The summed E-state index contributed by atoms with van der Waals surface area (Å²) < 4.78 is 0. The summed E-state index contributed by atoms with van der Waals surface area (Å²) in [6.07, 6.45) is 10.8. The first-order valence-electron chi connectivity index (χ1n) is 5.42. The molecule has 0 saturated carbocycles. The van der Waals surface area contributed by atoms with Crippen LogP contribution in [0.1, 0.15) is 26.2 Å². The maximum atomic E-state index is 2.58. The molecule has 0 aromatic rings. The fourth-order valence-corrected chi connectivity index (χ4v) is 2.10. The molecular formula is C12H19N. The predicted octanol–water partition coefficient (Wildman–Crippen LogP) is 2.60. The molecule has 0 bridgehead atoms. The van der Waals surface area contributed by atoms with Gasteiger partial charge < -0.3 is 0 Å². The van der Waals surface area contributed by atoms with Crippen LogP contribution in [0.3, 0.4) is 0 Å². The van der Waals surface area contributed by atoms with Gasteiger partial charge in [-0.15, -0.1) is 0 Å². The van der Waals surface area contributed by atoms with Gasteiger partial charge in [-0.3, -0.25) is 4.90 Å². The minimum absolute atomic E-state index is 0.948. The van der Waals surface area contributed by atoms with Crippen molar-refractivity contribution in [3.63, 3.8) is 0 Å². The van der Waals surface area contributed by atoms with Crippen molar-refractivity contribution in [2.45, 2.75) is 26.2 Å². The van der Waals surface area contributed by atoms with Crippen LogP contribution in [0.4, 0.5) is 0 Å². The standard InChI is InChI=1S/C12H19N/c1-11-6-8-13(9-7-11)10-12-4-2-3-5-12/h2,4-5,11H,3,6-10H2,1H3. The molecule has 1 saturated heterocycles. The highest BCUT2D eigenvalue weighted by molar-refractivity contribution is 5.27. The Morgan fingerprint density at radius 3 is 2.77 bits per heavy atom. The van der Waals surface area contributed by atoms with Crippen LogP contribution < -0.4 is 0 Å². The molecule has 0 aromatic heterocycles. The molecule has 13 heavy (non-hydrogen) atoms. The zero-order chi connectivity index (χ0) is 9.10. The second-order valence-corrected chi connectivity index (χ2v) is 4.38. The van der Waals surface area contributed by atoms with Crippen LogP contribution >= 0.6 is 0 Å². The van der Waals surface area contributed by atoms with E-state index in [-0.39, 0.29) is 0 Å². The molecule has 0 aromatic carbocycles. The van der Waals surface area contributed by atoms with Crippen molar-refractivity contribution in [2.75, 3.05) is 19.6 Å². The highest BCUT2D eigenvalue weighted by Gasteiger charge is 2.15. The number of hydrogen-bond donors (Lipinski definition) is 0. The number of rotatable bonds is 2. The Kier molecular flexibility index (Phi) is 2.84. The topological polar surface area (TPSA) is 3.24 Å². The molecule has 0 N–H and O–H groups in total. The van der Waals surface area contributed by atoms with E-state index in [2.05, 4.69) is 30.1 Å². The fraction of sp³-hybridized carbons (Fsp3) is 0.667. The molecular weight excluding hydrogens is 158 g/mol. The van der Waals surface area contributed by atoms with E-state index < -0.39 is 0 Å². The largest absolute Gasteiger partial charge is 0.299 e. The SMILES string of the molecule is CC1CCN(CC2=CCC=C2)CC1. The van der Waals surface area contributed by atoms with E-state index in [0.29, 0.717) is 0 Å². The lowest BCUT2D eigenvalue weighted by molar-refractivity contribution is 0.207. The predicted molar refractivity (Wildman–Crippen MR) is 56.7 cm³/mol. The molecule has 1 heterocycles. The highest BCUT2D eigenvalue weighted by Crippen LogP contribution is 2.18. The highest BCUT2D eigenvalue weighted by atomic mass is 15.1. The van der Waals surface area contributed by atoms with Gasteiger partial charge >= 0.3 is 0 Å². The second kappa shape index (κ2) is 4.10. The summed E-state index contributed by atoms with van der Waals surface area (Å²) in [5.74, 6) is 0.948. The van der Waals surface area contributed by atoms with Gasteiger partial charge in [0.25, 0.3) is 0 Å². The van der Waals surface area contributed by atoms with E-state index >= 15 is 0 Å². The fourth-order valence-electron chi connectivity index (χ4n) is 2.10. The quantitative estimate of drug-likeness (QED) is 0.626. The Morgan fingerprint density at radius 2 is 2.15 bits per heavy atom. The van der Waals surface area contributed by atoms with Gasteiger partial charge in [-0.1, -0.05) is 25.2 Å². The Hall–Kier alpha value is -0.560. The number of piperidine rings is 1. The maximum Gasteiger partial charge on any atom is 0.0230 e. The zero-order valence-electron chi connectivity index (χ0n) is 8.50. The normalized spacial score (nSPS) is 25.2. The van der Waals surface area contributed by atoms with Crippen molar-refractivity contribution in [1.29, 1.82) is 0 Å². The first kappa shape index (κ1) is 9.01. The Morgan fingerprint density at radius 1 is 1.38 bits per heavy atom. The molecule has 0 spiro atoms. The summed E-state index contributed by atoms with van der Waals surface area (Å²) in [7, 11) is 0. The lowest BCUT2D eigenvalue weighted by Gasteiger charge is -2.30. The molecule has 1 fully saturated rings. The third-order valence-corrected chi connectivity index (χ3v) is 3.13. The van der Waals surface area contributed by atoms with E-state index in [0.717, 1.165) is 12.3 Å². The van der Waals surface area contributed by atoms with Gasteiger partial charge in [0.2, 0.25) is 0 Å². The van der Waals surface area contributed by atoms with E-state index in [1.165, 1.54) is 38.0 Å². The van der Waals surface area contributed by atoms with Gasteiger partial charge in [-0.25, -0.2) is 0 Å². The van der Waals surface area contributed by atoms with Gasteiger partial charge in [0.1, 0.15) is 0 Å². The van der Waals surface area contributed by atoms with Crippen LogP contribution in [0, 0.1) is 5.92 Å². The molecule has 1 nitrogen and oxygen atoms in total. The van der Waals surface area contributed by atoms with Gasteiger partial charge in [0, 0.05) is 6.54 Å². The van der Waals surface area contributed by atoms with E-state index in [4.69, 9.17) is 0 Å². The number of hydrogen-bond acceptors (Lipinski definition) is 1. The average Bonchev–Trinajstić information content (AvgIpc) is 2.62. The smallest absolute Gasteiger partial charge is 0.0230 e. The van der Waals surface area contributed by atoms with Crippen LogP contribution in [-0.4, -0.2) is 24.5 Å². The molecule has 72 valence electrons. The molecule has 2 aliphatic rings. The lowest BCUT2D eigenvalue weighted by Crippen LogP contribution is -2.33. The Bertz CT molecular complexity index is 219. The molecule has 1 heteroatoms. The lowest BCUT2D eigenvalue weighted by atomic mass is 9.99. The van der Waals surface area contributed by atoms with Crippen molar-refractivity contribution in [2.24, 2.45) is 5.92 Å². The van der Waals surface area contributed by atoms with Crippen molar-refractivity contribution in [3.8, 4) is 0 Å². The van der Waals surface area contributed by atoms with Crippen LogP contribution in [0.25, 0.3) is 0 Å². The monoisotopic (exact) mass is 177 g/mol. The van der Waals surface area contributed by atoms with Crippen molar-refractivity contribution >= 4 is 0 Å². The van der Waals surface area contributed by atoms with E-state index in [1.54, 1.807) is 0 Å². The molecule has 0 unspecified atom stereocenters. The molecule has 0 atom stereocenters.